The van der Waals surface area contributed by atoms with Crippen LogP contribution in [0.25, 0.3) is 0 Å². The zero-order valence-corrected chi connectivity index (χ0v) is 14.5. The lowest BCUT2D eigenvalue weighted by Gasteiger charge is -2.38. The van der Waals surface area contributed by atoms with Crippen molar-refractivity contribution in [2.24, 2.45) is 5.73 Å². The summed E-state index contributed by atoms with van der Waals surface area (Å²) < 4.78 is 37.9. The predicted octanol–water partition coefficient (Wildman–Crippen LogP) is 0.647. The summed E-state index contributed by atoms with van der Waals surface area (Å²) in [4.78, 5) is 24.3. The molecule has 0 spiro atoms. The molecule has 1 aromatic carbocycles. The molecule has 10 heteroatoms. The van der Waals surface area contributed by atoms with Gasteiger partial charge in [-0.15, -0.1) is 0 Å². The summed E-state index contributed by atoms with van der Waals surface area (Å²) in [5.41, 5.74) is 6.71. The van der Waals surface area contributed by atoms with Crippen LogP contribution in [0.5, 0.6) is 5.75 Å². The highest BCUT2D eigenvalue weighted by Crippen LogP contribution is 2.33. The summed E-state index contributed by atoms with van der Waals surface area (Å²) in [7, 11) is 0. The largest absolute Gasteiger partial charge is 0.488 e. The molecule has 0 saturated heterocycles. The first-order valence-corrected chi connectivity index (χ1v) is 8.33. The summed E-state index contributed by atoms with van der Waals surface area (Å²) >= 11 is 3.44. The number of nitrogens with one attached hydrogen (secondary N) is 1. The smallest absolute Gasteiger partial charge is 0.388 e. The molecule has 1 aromatic rings. The summed E-state index contributed by atoms with van der Waals surface area (Å²) in [5, 5.41) is 1.81. The Balaban J connectivity index is 1.84. The van der Waals surface area contributed by atoms with Crippen LogP contribution in [0, 0.1) is 11.6 Å². The SMILES string of the molecule is NCCC1=CNC(OC(=O)C(=O)S)N1[C@H]1COc2c(F)cc(F)cc2C1. The number of nitrogens with two attached hydrogens (primary N) is 1. The van der Waals surface area contributed by atoms with Gasteiger partial charge in [-0.1, -0.05) is 12.6 Å². The fraction of sp³-hybridized carbons (Fsp3) is 0.375. The lowest BCUT2D eigenvalue weighted by Crippen LogP contribution is -2.51. The number of thiol groups is 1. The van der Waals surface area contributed by atoms with Crippen molar-refractivity contribution in [2.75, 3.05) is 13.2 Å². The van der Waals surface area contributed by atoms with E-state index in [0.717, 1.165) is 11.8 Å². The van der Waals surface area contributed by atoms with Gasteiger partial charge in [0.25, 0.3) is 11.5 Å². The Morgan fingerprint density at radius 3 is 2.88 bits per heavy atom. The summed E-state index contributed by atoms with van der Waals surface area (Å²) in [6.45, 7) is 0.422. The molecule has 2 atom stereocenters. The highest BCUT2D eigenvalue weighted by atomic mass is 32.1. The van der Waals surface area contributed by atoms with Crippen LogP contribution in [0.15, 0.2) is 24.0 Å². The normalized spacial score (nSPS) is 21.4. The second-order valence-corrected chi connectivity index (χ2v) is 6.26. The summed E-state index contributed by atoms with van der Waals surface area (Å²) in [6, 6.07) is 1.59. The maximum absolute atomic E-state index is 13.8. The first kappa shape index (κ1) is 18.5. The molecule has 0 radical (unpaired) electrons. The standard InChI is InChI=1S/C16H17F2N3O4S/c17-9-3-8-4-11(7-24-13(8)12(18)5-9)21-10(1-2-19)6-20-16(21)25-14(22)15(23)26/h3,5-6,11,16,20H,1-2,4,7,19H2,(H,23,26)/t11-,16?/m1/s1. The van der Waals surface area contributed by atoms with E-state index < -0.39 is 29.1 Å². The first-order chi connectivity index (χ1) is 12.4. The Morgan fingerprint density at radius 1 is 1.42 bits per heavy atom. The third kappa shape index (κ3) is 3.61. The number of carbonyl (C=O) groups is 2. The van der Waals surface area contributed by atoms with Gasteiger partial charge in [0.15, 0.2) is 11.6 Å². The van der Waals surface area contributed by atoms with Gasteiger partial charge in [0.1, 0.15) is 12.4 Å². The second kappa shape index (κ2) is 7.50. The molecule has 3 N–H and O–H groups in total. The quantitative estimate of drug-likeness (QED) is 0.389. The summed E-state index contributed by atoms with van der Waals surface area (Å²) in [5.74, 6) is -2.57. The summed E-state index contributed by atoms with van der Waals surface area (Å²) in [6.07, 6.45) is 1.39. The maximum atomic E-state index is 13.8. The molecule has 7 nitrogen and oxygen atoms in total. The number of hydrogen-bond acceptors (Lipinski definition) is 7. The Hall–Kier alpha value is -2.33. The van der Waals surface area contributed by atoms with Crippen LogP contribution >= 0.6 is 12.6 Å². The van der Waals surface area contributed by atoms with Crippen LogP contribution in [0.1, 0.15) is 12.0 Å². The van der Waals surface area contributed by atoms with E-state index in [2.05, 4.69) is 17.9 Å². The molecular formula is C16H17F2N3O4S. The molecule has 2 aliphatic heterocycles. The third-order valence-corrected chi connectivity index (χ3v) is 4.31. The molecule has 140 valence electrons. The van der Waals surface area contributed by atoms with E-state index in [4.69, 9.17) is 15.2 Å². The van der Waals surface area contributed by atoms with E-state index in [-0.39, 0.29) is 24.8 Å². The van der Waals surface area contributed by atoms with Gasteiger partial charge >= 0.3 is 5.97 Å². The number of halogens is 2. The maximum Gasteiger partial charge on any atom is 0.388 e. The van der Waals surface area contributed by atoms with E-state index in [1.807, 2.05) is 0 Å². The van der Waals surface area contributed by atoms with Crippen molar-refractivity contribution < 1.29 is 27.8 Å². The van der Waals surface area contributed by atoms with E-state index in [9.17, 15) is 18.4 Å². The van der Waals surface area contributed by atoms with Crippen molar-refractivity contribution in [1.82, 2.24) is 10.2 Å². The third-order valence-electron chi connectivity index (χ3n) is 4.12. The van der Waals surface area contributed by atoms with Crippen LogP contribution < -0.4 is 15.8 Å². The molecule has 0 aromatic heterocycles. The molecule has 0 aliphatic carbocycles. The van der Waals surface area contributed by atoms with Crippen LogP contribution in [-0.4, -0.2) is 41.5 Å². The fourth-order valence-electron chi connectivity index (χ4n) is 3.09. The molecule has 3 rings (SSSR count). The minimum absolute atomic E-state index is 0.0123. The predicted molar refractivity (Wildman–Crippen MR) is 89.9 cm³/mol. The molecule has 1 unspecified atom stereocenters. The van der Waals surface area contributed by atoms with Gasteiger partial charge in [-0.3, -0.25) is 4.79 Å². The fourth-order valence-corrected chi connectivity index (χ4v) is 3.14. The van der Waals surface area contributed by atoms with Gasteiger partial charge in [-0.2, -0.15) is 0 Å². The molecule has 0 saturated carbocycles. The van der Waals surface area contributed by atoms with E-state index in [1.54, 1.807) is 11.1 Å². The Morgan fingerprint density at radius 2 is 2.19 bits per heavy atom. The Kier molecular flexibility index (Phi) is 5.33. The average molecular weight is 385 g/mol. The molecule has 0 bridgehead atoms. The Labute approximate surface area is 153 Å². The van der Waals surface area contributed by atoms with Crippen molar-refractivity contribution in [1.29, 1.82) is 0 Å². The first-order valence-electron chi connectivity index (χ1n) is 7.89. The van der Waals surface area contributed by atoms with E-state index in [0.29, 0.717) is 18.5 Å². The zero-order valence-electron chi connectivity index (χ0n) is 13.6. The Bertz CT molecular complexity index is 774. The zero-order chi connectivity index (χ0) is 18.8. The number of hydrogen-bond donors (Lipinski definition) is 3. The van der Waals surface area contributed by atoms with Gasteiger partial charge < -0.3 is 25.4 Å². The molecule has 0 fully saturated rings. The van der Waals surface area contributed by atoms with Crippen LogP contribution in [-0.2, 0) is 20.7 Å². The van der Waals surface area contributed by atoms with Gasteiger partial charge in [0.05, 0.1) is 6.04 Å². The number of carbonyl (C=O) groups excluding carboxylic acids is 2. The van der Waals surface area contributed by atoms with Gasteiger partial charge in [0.2, 0.25) is 0 Å². The number of rotatable bonds is 5. The van der Waals surface area contributed by atoms with Gasteiger partial charge in [-0.25, -0.2) is 13.6 Å². The molecular weight excluding hydrogens is 368 g/mol. The number of nitrogens with zero attached hydrogens (tertiary/aromatic N) is 1. The van der Waals surface area contributed by atoms with Gasteiger partial charge in [-0.05, 0) is 12.6 Å². The van der Waals surface area contributed by atoms with Crippen molar-refractivity contribution in [3.8, 4) is 5.75 Å². The van der Waals surface area contributed by atoms with Crippen LogP contribution in [0.4, 0.5) is 8.78 Å². The van der Waals surface area contributed by atoms with Gasteiger partial charge in [0, 0.05) is 36.4 Å². The minimum Gasteiger partial charge on any atom is -0.488 e. The average Bonchev–Trinajstić information content (AvgIpc) is 2.96. The van der Waals surface area contributed by atoms with E-state index >= 15 is 0 Å². The number of benzene rings is 1. The van der Waals surface area contributed by atoms with Crippen molar-refractivity contribution in [2.45, 2.75) is 25.2 Å². The number of fused-ring (bicyclic) bond motifs is 1. The monoisotopic (exact) mass is 385 g/mol. The molecule has 0 amide bonds. The molecule has 2 aliphatic rings. The second-order valence-electron chi connectivity index (χ2n) is 5.86. The van der Waals surface area contributed by atoms with Crippen LogP contribution in [0.3, 0.4) is 0 Å². The lowest BCUT2D eigenvalue weighted by atomic mass is 10.0. The highest BCUT2D eigenvalue weighted by Gasteiger charge is 2.38. The number of ether oxygens (including phenoxy) is 2. The van der Waals surface area contributed by atoms with Crippen molar-refractivity contribution >= 4 is 23.7 Å². The topological polar surface area (TPSA) is 93.9 Å². The van der Waals surface area contributed by atoms with Crippen molar-refractivity contribution in [3.05, 3.63) is 41.2 Å². The molecule has 2 heterocycles. The molecule has 26 heavy (non-hydrogen) atoms. The minimum atomic E-state index is -1.12. The van der Waals surface area contributed by atoms with Crippen molar-refractivity contribution in [3.63, 3.8) is 0 Å². The van der Waals surface area contributed by atoms with Crippen LogP contribution in [0.2, 0.25) is 0 Å². The lowest BCUT2D eigenvalue weighted by molar-refractivity contribution is -0.163. The van der Waals surface area contributed by atoms with E-state index in [1.165, 1.54) is 6.07 Å². The number of esters is 1. The highest BCUT2D eigenvalue weighted by molar-refractivity contribution is 7.98.